The fourth-order valence-corrected chi connectivity index (χ4v) is 1.61. The molecule has 0 spiro atoms. The molecular formula is C10H18N2O3. The number of hydrogen-bond donors (Lipinski definition) is 2. The van der Waals surface area contributed by atoms with Gasteiger partial charge >= 0.3 is 5.97 Å². The average Bonchev–Trinajstić information content (AvgIpc) is 2.68. The zero-order chi connectivity index (χ0) is 11.5. The Kier molecular flexibility index (Phi) is 3.68. The van der Waals surface area contributed by atoms with Crippen molar-refractivity contribution < 1.29 is 14.3 Å². The largest absolute Gasteiger partial charge is 0.467 e. The summed E-state index contributed by atoms with van der Waals surface area (Å²) < 4.78 is 4.60. The molecule has 1 atom stereocenters. The van der Waals surface area contributed by atoms with E-state index in [0.717, 1.165) is 19.4 Å². The molecule has 1 heterocycles. The van der Waals surface area contributed by atoms with Crippen molar-refractivity contribution in [1.29, 1.82) is 0 Å². The Morgan fingerprint density at radius 3 is 2.60 bits per heavy atom. The van der Waals surface area contributed by atoms with Crippen molar-refractivity contribution >= 4 is 11.9 Å². The van der Waals surface area contributed by atoms with Crippen LogP contribution in [-0.4, -0.2) is 37.1 Å². The van der Waals surface area contributed by atoms with Gasteiger partial charge in [0.1, 0.15) is 5.54 Å². The summed E-state index contributed by atoms with van der Waals surface area (Å²) in [6.45, 7) is 4.12. The molecule has 2 N–H and O–H groups in total. The predicted molar refractivity (Wildman–Crippen MR) is 55.3 cm³/mol. The highest BCUT2D eigenvalue weighted by Gasteiger charge is 2.33. The van der Waals surface area contributed by atoms with E-state index in [4.69, 9.17) is 0 Å². The minimum Gasteiger partial charge on any atom is -0.467 e. The van der Waals surface area contributed by atoms with E-state index in [1.165, 1.54) is 7.11 Å². The van der Waals surface area contributed by atoms with Gasteiger partial charge in [0.25, 0.3) is 0 Å². The van der Waals surface area contributed by atoms with Gasteiger partial charge in [0, 0.05) is 0 Å². The van der Waals surface area contributed by atoms with Crippen molar-refractivity contribution in [3.8, 4) is 0 Å². The number of hydrogen-bond acceptors (Lipinski definition) is 4. The van der Waals surface area contributed by atoms with Crippen LogP contribution in [0.2, 0.25) is 0 Å². The minimum absolute atomic E-state index is 0.136. The number of rotatable bonds is 3. The maximum atomic E-state index is 11.7. The van der Waals surface area contributed by atoms with Crippen LogP contribution in [0, 0.1) is 0 Å². The van der Waals surface area contributed by atoms with Crippen LogP contribution in [-0.2, 0) is 14.3 Å². The number of carbonyl (C=O) groups excluding carboxylic acids is 2. The highest BCUT2D eigenvalue weighted by Crippen LogP contribution is 2.09. The van der Waals surface area contributed by atoms with Gasteiger partial charge in [-0.1, -0.05) is 0 Å². The number of nitrogens with one attached hydrogen (secondary N) is 2. The summed E-state index contributed by atoms with van der Waals surface area (Å²) in [5.41, 5.74) is -0.962. The molecule has 0 aromatic heterocycles. The molecule has 5 heteroatoms. The smallest absolute Gasteiger partial charge is 0.330 e. The van der Waals surface area contributed by atoms with Crippen LogP contribution in [0.25, 0.3) is 0 Å². The van der Waals surface area contributed by atoms with E-state index in [-0.39, 0.29) is 11.9 Å². The molecule has 1 saturated heterocycles. The molecule has 0 bridgehead atoms. The van der Waals surface area contributed by atoms with Gasteiger partial charge in [-0.15, -0.1) is 0 Å². The van der Waals surface area contributed by atoms with Crippen LogP contribution < -0.4 is 10.6 Å². The lowest BCUT2D eigenvalue weighted by molar-refractivity contribution is -0.149. The summed E-state index contributed by atoms with van der Waals surface area (Å²) in [4.78, 5) is 23.0. The summed E-state index contributed by atoms with van der Waals surface area (Å²) >= 11 is 0. The second-order valence-corrected chi connectivity index (χ2v) is 4.25. The molecule has 1 amide bonds. The van der Waals surface area contributed by atoms with Gasteiger partial charge < -0.3 is 15.4 Å². The Morgan fingerprint density at radius 1 is 1.47 bits per heavy atom. The molecule has 0 saturated carbocycles. The summed E-state index contributed by atoms with van der Waals surface area (Å²) in [6.07, 6.45) is 1.82. The lowest BCUT2D eigenvalue weighted by Crippen LogP contribution is -2.54. The minimum atomic E-state index is -0.962. The fourth-order valence-electron chi connectivity index (χ4n) is 1.61. The molecule has 15 heavy (non-hydrogen) atoms. The third kappa shape index (κ3) is 2.92. The van der Waals surface area contributed by atoms with Gasteiger partial charge in [0.15, 0.2) is 0 Å². The number of amides is 1. The SMILES string of the molecule is COC(=O)C(C)(C)NC(=O)[C@H]1CCCN1. The van der Waals surface area contributed by atoms with Crippen molar-refractivity contribution in [1.82, 2.24) is 10.6 Å². The van der Waals surface area contributed by atoms with Gasteiger partial charge in [-0.3, -0.25) is 4.79 Å². The van der Waals surface area contributed by atoms with Crippen LogP contribution in [0.3, 0.4) is 0 Å². The molecule has 0 aliphatic carbocycles. The Morgan fingerprint density at radius 2 is 2.13 bits per heavy atom. The van der Waals surface area contributed by atoms with Crippen molar-refractivity contribution in [2.75, 3.05) is 13.7 Å². The summed E-state index contributed by atoms with van der Waals surface area (Å²) in [7, 11) is 1.31. The maximum Gasteiger partial charge on any atom is 0.330 e. The topological polar surface area (TPSA) is 67.4 Å². The Hall–Kier alpha value is -1.10. The van der Waals surface area contributed by atoms with Gasteiger partial charge in [0.2, 0.25) is 5.91 Å². The molecule has 1 aliphatic rings. The second kappa shape index (κ2) is 4.61. The van der Waals surface area contributed by atoms with Crippen LogP contribution in [0.15, 0.2) is 0 Å². The van der Waals surface area contributed by atoms with E-state index >= 15 is 0 Å². The fraction of sp³-hybridized carbons (Fsp3) is 0.800. The van der Waals surface area contributed by atoms with Gasteiger partial charge in [-0.2, -0.15) is 0 Å². The number of ether oxygens (including phenoxy) is 1. The number of carbonyl (C=O) groups is 2. The second-order valence-electron chi connectivity index (χ2n) is 4.25. The van der Waals surface area contributed by atoms with Crippen molar-refractivity contribution in [2.45, 2.75) is 38.3 Å². The zero-order valence-electron chi connectivity index (χ0n) is 9.42. The lowest BCUT2D eigenvalue weighted by Gasteiger charge is -2.24. The van der Waals surface area contributed by atoms with Crippen LogP contribution in [0.1, 0.15) is 26.7 Å². The maximum absolute atomic E-state index is 11.7. The third-order valence-corrected chi connectivity index (χ3v) is 2.51. The third-order valence-electron chi connectivity index (χ3n) is 2.51. The van der Waals surface area contributed by atoms with E-state index in [9.17, 15) is 9.59 Å². The van der Waals surface area contributed by atoms with Crippen LogP contribution >= 0.6 is 0 Å². The number of methoxy groups -OCH3 is 1. The summed E-state index contributed by atoms with van der Waals surface area (Å²) in [5, 5.41) is 5.74. The first-order valence-corrected chi connectivity index (χ1v) is 5.11. The van der Waals surface area contributed by atoms with E-state index < -0.39 is 11.5 Å². The Balaban J connectivity index is 2.52. The first kappa shape index (κ1) is 12.0. The molecule has 1 fully saturated rings. The van der Waals surface area contributed by atoms with E-state index in [1.807, 2.05) is 0 Å². The van der Waals surface area contributed by atoms with Crippen LogP contribution in [0.5, 0.6) is 0 Å². The highest BCUT2D eigenvalue weighted by molar-refractivity contribution is 5.89. The molecule has 0 aromatic carbocycles. The molecule has 0 aromatic rings. The Labute approximate surface area is 89.6 Å². The van der Waals surface area contributed by atoms with E-state index in [1.54, 1.807) is 13.8 Å². The van der Waals surface area contributed by atoms with Crippen molar-refractivity contribution in [3.63, 3.8) is 0 Å². The van der Waals surface area contributed by atoms with Crippen molar-refractivity contribution in [2.24, 2.45) is 0 Å². The lowest BCUT2D eigenvalue weighted by atomic mass is 10.1. The predicted octanol–water partition coefficient (Wildman–Crippen LogP) is -0.194. The number of esters is 1. The monoisotopic (exact) mass is 214 g/mol. The molecule has 0 unspecified atom stereocenters. The molecule has 1 aliphatic heterocycles. The van der Waals surface area contributed by atoms with Gasteiger partial charge in [-0.25, -0.2) is 4.79 Å². The van der Waals surface area contributed by atoms with E-state index in [2.05, 4.69) is 15.4 Å². The van der Waals surface area contributed by atoms with Crippen molar-refractivity contribution in [3.05, 3.63) is 0 Å². The normalized spacial score (nSPS) is 21.1. The van der Waals surface area contributed by atoms with E-state index in [0.29, 0.717) is 0 Å². The average molecular weight is 214 g/mol. The summed E-state index contributed by atoms with van der Waals surface area (Å²) in [6, 6.07) is -0.172. The quantitative estimate of drug-likeness (QED) is 0.639. The first-order chi connectivity index (χ1) is 6.97. The van der Waals surface area contributed by atoms with Gasteiger partial charge in [-0.05, 0) is 33.2 Å². The molecular weight excluding hydrogens is 196 g/mol. The Bertz CT molecular complexity index is 257. The van der Waals surface area contributed by atoms with Crippen LogP contribution in [0.4, 0.5) is 0 Å². The highest BCUT2D eigenvalue weighted by atomic mass is 16.5. The summed E-state index contributed by atoms with van der Waals surface area (Å²) in [5.74, 6) is -0.572. The molecule has 5 nitrogen and oxygen atoms in total. The van der Waals surface area contributed by atoms with Gasteiger partial charge in [0.05, 0.1) is 13.2 Å². The first-order valence-electron chi connectivity index (χ1n) is 5.11. The standard InChI is InChI=1S/C10H18N2O3/c1-10(2,9(14)15-3)12-8(13)7-5-4-6-11-7/h7,11H,4-6H2,1-3H3,(H,12,13)/t7-/m1/s1. The molecule has 1 rings (SSSR count). The zero-order valence-corrected chi connectivity index (χ0v) is 9.42. The molecule has 0 radical (unpaired) electrons. The molecule has 86 valence electrons.